The van der Waals surface area contributed by atoms with Crippen molar-refractivity contribution in [3.05, 3.63) is 59.7 Å². The summed E-state index contributed by atoms with van der Waals surface area (Å²) in [7, 11) is 1.90. The first kappa shape index (κ1) is 20.2. The highest BCUT2D eigenvalue weighted by Gasteiger charge is 2.30. The first-order valence-corrected chi connectivity index (χ1v) is 9.26. The smallest absolute Gasteiger partial charge is 0.416 e. The highest BCUT2D eigenvalue weighted by atomic mass is 19.4. The van der Waals surface area contributed by atoms with Gasteiger partial charge in [0.2, 0.25) is 0 Å². The van der Waals surface area contributed by atoms with E-state index >= 15 is 0 Å². The monoisotopic (exact) mass is 392 g/mol. The van der Waals surface area contributed by atoms with Gasteiger partial charge in [0.15, 0.2) is 0 Å². The van der Waals surface area contributed by atoms with Crippen molar-refractivity contribution in [2.24, 2.45) is 5.92 Å². The Morgan fingerprint density at radius 1 is 1.18 bits per heavy atom. The van der Waals surface area contributed by atoms with E-state index in [1.54, 1.807) is 24.3 Å². The Morgan fingerprint density at radius 2 is 1.89 bits per heavy atom. The molecule has 0 radical (unpaired) electrons. The zero-order chi connectivity index (χ0) is 20.1. The fourth-order valence-electron chi connectivity index (χ4n) is 3.45. The van der Waals surface area contributed by atoms with Crippen LogP contribution in [0.25, 0.3) is 0 Å². The zero-order valence-electron chi connectivity index (χ0n) is 15.6. The molecule has 1 N–H and O–H groups in total. The van der Waals surface area contributed by atoms with Crippen LogP contribution in [0.3, 0.4) is 0 Å². The van der Waals surface area contributed by atoms with Crippen LogP contribution in [0.5, 0.6) is 11.5 Å². The molecule has 0 bridgehead atoms. The number of piperidine rings is 1. The van der Waals surface area contributed by atoms with Crippen molar-refractivity contribution >= 4 is 5.91 Å². The average molecular weight is 392 g/mol. The molecule has 1 saturated heterocycles. The molecule has 7 heteroatoms. The Bertz CT molecular complexity index is 821. The molecule has 1 aliphatic heterocycles. The van der Waals surface area contributed by atoms with Crippen LogP contribution >= 0.6 is 0 Å². The summed E-state index contributed by atoms with van der Waals surface area (Å²) in [6.45, 7) is 2.26. The summed E-state index contributed by atoms with van der Waals surface area (Å²) >= 11 is 0. The second-order valence-electron chi connectivity index (χ2n) is 6.97. The van der Waals surface area contributed by atoms with Gasteiger partial charge in [-0.3, -0.25) is 4.79 Å². The van der Waals surface area contributed by atoms with Crippen molar-refractivity contribution in [3.8, 4) is 11.5 Å². The van der Waals surface area contributed by atoms with E-state index in [4.69, 9.17) is 4.74 Å². The molecular formula is C21H23F3N2O2. The topological polar surface area (TPSA) is 41.6 Å². The number of nitrogens with one attached hydrogen (secondary N) is 1. The van der Waals surface area contributed by atoms with Crippen LogP contribution in [0.1, 0.15) is 28.8 Å². The summed E-state index contributed by atoms with van der Waals surface area (Å²) in [5.74, 6) is 0.739. The van der Waals surface area contributed by atoms with Crippen LogP contribution in [0.15, 0.2) is 48.5 Å². The van der Waals surface area contributed by atoms with Crippen LogP contribution in [0.2, 0.25) is 0 Å². The molecule has 1 fully saturated rings. The van der Waals surface area contributed by atoms with E-state index in [0.717, 1.165) is 31.5 Å². The van der Waals surface area contributed by atoms with Crippen LogP contribution in [-0.4, -0.2) is 37.5 Å². The number of carbonyl (C=O) groups is 1. The van der Waals surface area contributed by atoms with E-state index in [-0.39, 0.29) is 11.7 Å². The van der Waals surface area contributed by atoms with Crippen molar-refractivity contribution in [3.63, 3.8) is 0 Å². The molecule has 1 unspecified atom stereocenters. The fourth-order valence-corrected chi connectivity index (χ4v) is 3.45. The Balaban J connectivity index is 1.73. The molecule has 0 aromatic heterocycles. The van der Waals surface area contributed by atoms with Gasteiger partial charge < -0.3 is 15.0 Å². The maximum absolute atomic E-state index is 12.9. The van der Waals surface area contributed by atoms with Gasteiger partial charge in [0.25, 0.3) is 5.91 Å². The van der Waals surface area contributed by atoms with E-state index in [9.17, 15) is 18.0 Å². The largest absolute Gasteiger partial charge is 0.457 e. The normalized spacial score (nSPS) is 17.4. The number of likely N-dealkylation sites (tertiary alicyclic amines) is 1. The standard InChI is InChI=1S/C21H23F3N2O2/c1-25-13-15-5-4-10-26(14-15)20(27)16-6-2-8-18(11-16)28-19-9-3-7-17(12-19)21(22,23)24/h2-3,6-9,11-12,15,25H,4-5,10,13-14H2,1H3. The van der Waals surface area contributed by atoms with Crippen molar-refractivity contribution in [2.75, 3.05) is 26.7 Å². The molecule has 3 rings (SSSR count). The van der Waals surface area contributed by atoms with Gasteiger partial charge >= 0.3 is 6.18 Å². The van der Waals surface area contributed by atoms with Crippen LogP contribution in [0, 0.1) is 5.92 Å². The first-order valence-electron chi connectivity index (χ1n) is 9.26. The minimum Gasteiger partial charge on any atom is -0.457 e. The summed E-state index contributed by atoms with van der Waals surface area (Å²) in [6, 6.07) is 11.3. The zero-order valence-corrected chi connectivity index (χ0v) is 15.6. The third kappa shape index (κ3) is 5.04. The molecule has 1 atom stereocenters. The number of ether oxygens (including phenoxy) is 1. The molecule has 0 aliphatic carbocycles. The molecule has 0 saturated carbocycles. The number of nitrogens with zero attached hydrogens (tertiary/aromatic N) is 1. The quantitative estimate of drug-likeness (QED) is 0.811. The summed E-state index contributed by atoms with van der Waals surface area (Å²) in [6.07, 6.45) is -2.39. The predicted octanol–water partition coefficient (Wildman–Crippen LogP) is 4.57. The molecule has 150 valence electrons. The number of carbonyl (C=O) groups excluding carboxylic acids is 1. The van der Waals surface area contributed by atoms with Gasteiger partial charge in [-0.1, -0.05) is 12.1 Å². The van der Waals surface area contributed by atoms with E-state index in [0.29, 0.717) is 30.3 Å². The number of alkyl halides is 3. The summed E-state index contributed by atoms with van der Waals surface area (Å²) < 4.78 is 44.1. The predicted molar refractivity (Wildman–Crippen MR) is 101 cm³/mol. The van der Waals surface area contributed by atoms with Gasteiger partial charge in [0, 0.05) is 18.7 Å². The maximum atomic E-state index is 12.9. The third-order valence-corrected chi connectivity index (χ3v) is 4.78. The van der Waals surface area contributed by atoms with E-state index < -0.39 is 11.7 Å². The Hall–Kier alpha value is -2.54. The van der Waals surface area contributed by atoms with Crippen LogP contribution in [-0.2, 0) is 6.18 Å². The molecule has 2 aromatic rings. The average Bonchev–Trinajstić information content (AvgIpc) is 2.68. The Morgan fingerprint density at radius 3 is 2.61 bits per heavy atom. The van der Waals surface area contributed by atoms with E-state index in [2.05, 4.69) is 5.32 Å². The highest BCUT2D eigenvalue weighted by molar-refractivity contribution is 5.94. The third-order valence-electron chi connectivity index (χ3n) is 4.78. The van der Waals surface area contributed by atoms with Crippen molar-refractivity contribution < 1.29 is 22.7 Å². The number of benzene rings is 2. The number of halogens is 3. The van der Waals surface area contributed by atoms with Crippen LogP contribution < -0.4 is 10.1 Å². The second-order valence-corrected chi connectivity index (χ2v) is 6.97. The van der Waals surface area contributed by atoms with Gasteiger partial charge in [0.05, 0.1) is 5.56 Å². The number of amides is 1. The Kier molecular flexibility index (Phi) is 6.24. The van der Waals surface area contributed by atoms with Gasteiger partial charge in [0.1, 0.15) is 11.5 Å². The Labute approximate surface area is 162 Å². The molecule has 1 heterocycles. The first-order chi connectivity index (χ1) is 13.4. The van der Waals surface area contributed by atoms with Gasteiger partial charge in [-0.15, -0.1) is 0 Å². The maximum Gasteiger partial charge on any atom is 0.416 e. The van der Waals surface area contributed by atoms with E-state index in [1.807, 2.05) is 11.9 Å². The SMILES string of the molecule is CNCC1CCCN(C(=O)c2cccc(Oc3cccc(C(F)(F)F)c3)c2)C1. The van der Waals surface area contributed by atoms with Gasteiger partial charge in [-0.25, -0.2) is 0 Å². The number of hydrogen-bond acceptors (Lipinski definition) is 3. The molecule has 28 heavy (non-hydrogen) atoms. The lowest BCUT2D eigenvalue weighted by molar-refractivity contribution is -0.137. The van der Waals surface area contributed by atoms with Gasteiger partial charge in [-0.2, -0.15) is 13.2 Å². The summed E-state index contributed by atoms with van der Waals surface area (Å²) in [5, 5.41) is 3.15. The van der Waals surface area contributed by atoms with Crippen LogP contribution in [0.4, 0.5) is 13.2 Å². The molecular weight excluding hydrogens is 369 g/mol. The molecule has 1 amide bonds. The fraction of sp³-hybridized carbons (Fsp3) is 0.381. The highest BCUT2D eigenvalue weighted by Crippen LogP contribution is 2.33. The van der Waals surface area contributed by atoms with Gasteiger partial charge in [-0.05, 0) is 68.8 Å². The van der Waals surface area contributed by atoms with Crippen molar-refractivity contribution in [2.45, 2.75) is 19.0 Å². The molecule has 2 aromatic carbocycles. The lowest BCUT2D eigenvalue weighted by Crippen LogP contribution is -2.42. The number of rotatable bonds is 5. The number of hydrogen-bond donors (Lipinski definition) is 1. The molecule has 1 aliphatic rings. The minimum absolute atomic E-state index is 0.0754. The molecule has 4 nitrogen and oxygen atoms in total. The van der Waals surface area contributed by atoms with E-state index in [1.165, 1.54) is 12.1 Å². The lowest BCUT2D eigenvalue weighted by atomic mass is 9.97. The minimum atomic E-state index is -4.44. The van der Waals surface area contributed by atoms with Crippen molar-refractivity contribution in [1.29, 1.82) is 0 Å². The second kappa shape index (κ2) is 8.65. The summed E-state index contributed by atoms with van der Waals surface area (Å²) in [5.41, 5.74) is -0.310. The summed E-state index contributed by atoms with van der Waals surface area (Å²) in [4.78, 5) is 14.7. The lowest BCUT2D eigenvalue weighted by Gasteiger charge is -2.32. The van der Waals surface area contributed by atoms with Crippen molar-refractivity contribution in [1.82, 2.24) is 10.2 Å². The molecule has 0 spiro atoms.